The number of furan rings is 1. The number of rotatable bonds is 6. The van der Waals surface area contributed by atoms with E-state index in [2.05, 4.69) is 10.1 Å². The topological polar surface area (TPSA) is 122 Å². The number of esters is 1. The highest BCUT2D eigenvalue weighted by Crippen LogP contribution is 2.17. The zero-order chi connectivity index (χ0) is 17.6. The summed E-state index contributed by atoms with van der Waals surface area (Å²) in [5.74, 6) is -0.391. The van der Waals surface area contributed by atoms with E-state index in [9.17, 15) is 14.9 Å². The average Bonchev–Trinajstić information content (AvgIpc) is 3.28. The number of nitrogens with zero attached hydrogens (tertiary/aromatic N) is 3. The summed E-state index contributed by atoms with van der Waals surface area (Å²) in [6.07, 6.45) is 2.34. The van der Waals surface area contributed by atoms with Crippen LogP contribution in [0.5, 0.6) is 0 Å². The average molecular weight is 341 g/mol. The molecule has 0 N–H and O–H groups in total. The Morgan fingerprint density at radius 2 is 2.04 bits per heavy atom. The van der Waals surface area contributed by atoms with Crippen molar-refractivity contribution in [1.29, 1.82) is 0 Å². The molecule has 0 atom stereocenters. The van der Waals surface area contributed by atoms with E-state index in [1.165, 1.54) is 18.2 Å². The van der Waals surface area contributed by atoms with Crippen molar-refractivity contribution >= 4 is 17.9 Å². The minimum atomic E-state index is -0.682. The van der Waals surface area contributed by atoms with Gasteiger partial charge < -0.3 is 13.7 Å². The quantitative estimate of drug-likeness (QED) is 0.290. The number of hydrogen-bond acceptors (Lipinski definition) is 8. The smallest absolute Gasteiger partial charge is 0.433 e. The summed E-state index contributed by atoms with van der Waals surface area (Å²) in [6, 6.07) is 11.8. The lowest BCUT2D eigenvalue weighted by Crippen LogP contribution is -2.00. The van der Waals surface area contributed by atoms with Gasteiger partial charge in [-0.1, -0.05) is 35.5 Å². The number of aromatic nitrogens is 2. The van der Waals surface area contributed by atoms with E-state index >= 15 is 0 Å². The molecule has 1 aromatic carbocycles. The summed E-state index contributed by atoms with van der Waals surface area (Å²) >= 11 is 0. The molecule has 0 aliphatic carbocycles. The second kappa shape index (κ2) is 7.21. The molecule has 2 heterocycles. The zero-order valence-corrected chi connectivity index (χ0v) is 12.7. The summed E-state index contributed by atoms with van der Waals surface area (Å²) < 4.78 is 14.8. The Morgan fingerprint density at radius 3 is 2.76 bits per heavy atom. The zero-order valence-electron chi connectivity index (χ0n) is 12.7. The van der Waals surface area contributed by atoms with Gasteiger partial charge in [0.15, 0.2) is 6.61 Å². The van der Waals surface area contributed by atoms with Crippen LogP contribution in [-0.2, 0) is 16.1 Å². The summed E-state index contributed by atoms with van der Waals surface area (Å²) in [6.45, 7) is -0.193. The Labute approximate surface area is 140 Å². The molecule has 0 fully saturated rings. The van der Waals surface area contributed by atoms with Crippen molar-refractivity contribution in [1.82, 2.24) is 10.1 Å². The highest BCUT2D eigenvalue weighted by atomic mass is 16.6. The predicted molar refractivity (Wildman–Crippen MR) is 83.9 cm³/mol. The Morgan fingerprint density at radius 1 is 1.24 bits per heavy atom. The molecule has 0 aliphatic rings. The van der Waals surface area contributed by atoms with Gasteiger partial charge in [0.2, 0.25) is 5.82 Å². The lowest BCUT2D eigenvalue weighted by Gasteiger charge is -1.95. The van der Waals surface area contributed by atoms with Crippen molar-refractivity contribution in [2.75, 3.05) is 0 Å². The molecule has 9 heteroatoms. The summed E-state index contributed by atoms with van der Waals surface area (Å²) in [5.41, 5.74) is 0.781. The Kier molecular flexibility index (Phi) is 4.65. The van der Waals surface area contributed by atoms with Crippen LogP contribution in [0.1, 0.15) is 11.7 Å². The highest BCUT2D eigenvalue weighted by molar-refractivity contribution is 5.86. The maximum absolute atomic E-state index is 11.6. The molecule has 0 saturated heterocycles. The predicted octanol–water partition coefficient (Wildman–Crippen LogP) is 2.99. The number of carbonyl (C=O) groups is 1. The third kappa shape index (κ3) is 4.16. The standard InChI is InChI=1S/C16H11N3O6/c20-15(9-7-12-6-8-14(24-12)19(21)22)23-10-13-17-16(18-25-13)11-4-2-1-3-5-11/h1-9H,10H2/b9-7+. The van der Waals surface area contributed by atoms with Crippen molar-refractivity contribution in [2.45, 2.75) is 6.61 Å². The Bertz CT molecular complexity index is 913. The van der Waals surface area contributed by atoms with E-state index in [4.69, 9.17) is 13.7 Å². The van der Waals surface area contributed by atoms with E-state index < -0.39 is 16.8 Å². The molecule has 0 amide bonds. The molecule has 0 aliphatic heterocycles. The molecule has 0 spiro atoms. The van der Waals surface area contributed by atoms with Crippen LogP contribution in [0.15, 0.2) is 57.5 Å². The first-order chi connectivity index (χ1) is 12.1. The molecule has 2 aromatic heterocycles. The third-order valence-electron chi connectivity index (χ3n) is 3.01. The molecule has 126 valence electrons. The number of carbonyl (C=O) groups excluding carboxylic acids is 1. The number of nitro groups is 1. The van der Waals surface area contributed by atoms with Crippen LogP contribution in [0, 0.1) is 10.1 Å². The van der Waals surface area contributed by atoms with E-state index in [-0.39, 0.29) is 18.3 Å². The van der Waals surface area contributed by atoms with Crippen LogP contribution in [0.3, 0.4) is 0 Å². The van der Waals surface area contributed by atoms with Crippen LogP contribution >= 0.6 is 0 Å². The molecule has 3 rings (SSSR count). The summed E-state index contributed by atoms with van der Waals surface area (Å²) in [5, 5.41) is 14.3. The van der Waals surface area contributed by atoms with Gasteiger partial charge in [-0.3, -0.25) is 10.1 Å². The molecule has 0 unspecified atom stereocenters. The highest BCUT2D eigenvalue weighted by Gasteiger charge is 2.11. The fourth-order valence-electron chi connectivity index (χ4n) is 1.88. The van der Waals surface area contributed by atoms with Crippen molar-refractivity contribution in [2.24, 2.45) is 0 Å². The molecule has 9 nitrogen and oxygen atoms in total. The van der Waals surface area contributed by atoms with Crippen molar-refractivity contribution in [3.05, 3.63) is 70.3 Å². The lowest BCUT2D eigenvalue weighted by molar-refractivity contribution is -0.402. The van der Waals surface area contributed by atoms with Gasteiger partial charge >= 0.3 is 11.9 Å². The number of ether oxygens (including phenoxy) is 1. The van der Waals surface area contributed by atoms with Crippen LogP contribution < -0.4 is 0 Å². The normalized spacial score (nSPS) is 10.9. The maximum atomic E-state index is 11.6. The fraction of sp³-hybridized carbons (Fsp3) is 0.0625. The van der Waals surface area contributed by atoms with Crippen LogP contribution in [0.4, 0.5) is 5.88 Å². The maximum Gasteiger partial charge on any atom is 0.433 e. The largest absolute Gasteiger partial charge is 0.452 e. The summed E-state index contributed by atoms with van der Waals surface area (Å²) in [7, 11) is 0. The number of benzene rings is 1. The van der Waals surface area contributed by atoms with Crippen molar-refractivity contribution in [3.63, 3.8) is 0 Å². The minimum absolute atomic E-state index is 0.147. The van der Waals surface area contributed by atoms with Gasteiger partial charge in [-0.15, -0.1) is 0 Å². The first-order valence-corrected chi connectivity index (χ1v) is 7.09. The first kappa shape index (κ1) is 16.1. The molecular formula is C16H11N3O6. The Balaban J connectivity index is 1.54. The van der Waals surface area contributed by atoms with E-state index in [0.29, 0.717) is 5.82 Å². The monoisotopic (exact) mass is 341 g/mol. The van der Waals surface area contributed by atoms with Gasteiger partial charge in [0, 0.05) is 11.6 Å². The second-order valence-electron chi connectivity index (χ2n) is 4.75. The summed E-state index contributed by atoms with van der Waals surface area (Å²) in [4.78, 5) is 25.6. The Hall–Kier alpha value is -3.75. The van der Waals surface area contributed by atoms with Crippen molar-refractivity contribution in [3.8, 4) is 11.4 Å². The lowest BCUT2D eigenvalue weighted by atomic mass is 10.2. The van der Waals surface area contributed by atoms with Crippen LogP contribution in [-0.4, -0.2) is 21.0 Å². The molecule has 3 aromatic rings. The van der Waals surface area contributed by atoms with Gasteiger partial charge in [-0.2, -0.15) is 4.98 Å². The molecule has 0 bridgehead atoms. The minimum Gasteiger partial charge on any atom is -0.452 e. The first-order valence-electron chi connectivity index (χ1n) is 7.09. The molecule has 0 radical (unpaired) electrons. The van der Waals surface area contributed by atoms with Crippen LogP contribution in [0.2, 0.25) is 0 Å². The van der Waals surface area contributed by atoms with E-state index in [0.717, 1.165) is 11.6 Å². The van der Waals surface area contributed by atoms with Crippen LogP contribution in [0.25, 0.3) is 17.5 Å². The molecule has 0 saturated carbocycles. The molecule has 25 heavy (non-hydrogen) atoms. The molecular weight excluding hydrogens is 330 g/mol. The number of hydrogen-bond donors (Lipinski definition) is 0. The second-order valence-corrected chi connectivity index (χ2v) is 4.75. The third-order valence-corrected chi connectivity index (χ3v) is 3.01. The van der Waals surface area contributed by atoms with Gasteiger partial charge in [0.1, 0.15) is 10.7 Å². The van der Waals surface area contributed by atoms with Gasteiger partial charge in [-0.05, 0) is 12.1 Å². The SMILES string of the molecule is O=C(/C=C/c1ccc([N+](=O)[O-])o1)OCc1nc(-c2ccccc2)no1. The fourth-order valence-corrected chi connectivity index (χ4v) is 1.88. The van der Waals surface area contributed by atoms with E-state index in [1.54, 1.807) is 0 Å². The van der Waals surface area contributed by atoms with Gasteiger partial charge in [0.25, 0.3) is 5.89 Å². The van der Waals surface area contributed by atoms with Crippen molar-refractivity contribution < 1.29 is 23.4 Å². The van der Waals surface area contributed by atoms with E-state index in [1.807, 2.05) is 30.3 Å². The van der Waals surface area contributed by atoms with Gasteiger partial charge in [0.05, 0.1) is 6.07 Å². The van der Waals surface area contributed by atoms with Gasteiger partial charge in [-0.25, -0.2) is 4.79 Å².